The van der Waals surface area contributed by atoms with Crippen LogP contribution in [0.4, 0.5) is 0 Å². The first-order chi connectivity index (χ1) is 16.2. The summed E-state index contributed by atoms with van der Waals surface area (Å²) >= 11 is 0. The molecule has 0 atom stereocenters. The smallest absolute Gasteiger partial charge is 0.254 e. The van der Waals surface area contributed by atoms with E-state index < -0.39 is 0 Å². The van der Waals surface area contributed by atoms with Crippen LogP contribution in [0.5, 0.6) is 0 Å². The van der Waals surface area contributed by atoms with E-state index in [4.69, 9.17) is 0 Å². The van der Waals surface area contributed by atoms with Crippen molar-refractivity contribution in [1.82, 2.24) is 4.90 Å². The standard InChI is InChI=1S/C30H27NO2/c32-29(26-16-8-3-9-17-26)27-18-10-11-19-28(27)30(33)31(22-20-24-12-4-1-5-13-24)23-21-25-14-6-2-7-15-25/h1-19H,20-23H2. The zero-order valence-corrected chi connectivity index (χ0v) is 18.6. The monoisotopic (exact) mass is 433 g/mol. The maximum absolute atomic E-state index is 13.7. The normalized spacial score (nSPS) is 10.5. The molecule has 0 saturated carbocycles. The molecule has 4 aromatic rings. The van der Waals surface area contributed by atoms with Crippen LogP contribution in [-0.2, 0) is 12.8 Å². The first-order valence-electron chi connectivity index (χ1n) is 11.3. The van der Waals surface area contributed by atoms with Crippen molar-refractivity contribution in [3.05, 3.63) is 143 Å². The predicted octanol–water partition coefficient (Wildman–Crippen LogP) is 5.85. The van der Waals surface area contributed by atoms with Crippen molar-refractivity contribution < 1.29 is 9.59 Å². The maximum atomic E-state index is 13.7. The molecular weight excluding hydrogens is 406 g/mol. The van der Waals surface area contributed by atoms with E-state index in [-0.39, 0.29) is 11.7 Å². The van der Waals surface area contributed by atoms with Gasteiger partial charge in [-0.2, -0.15) is 0 Å². The highest BCUT2D eigenvalue weighted by Crippen LogP contribution is 2.18. The van der Waals surface area contributed by atoms with Crippen LogP contribution in [0.3, 0.4) is 0 Å². The molecule has 0 radical (unpaired) electrons. The van der Waals surface area contributed by atoms with Gasteiger partial charge in [-0.1, -0.05) is 109 Å². The Morgan fingerprint density at radius 1 is 0.515 bits per heavy atom. The van der Waals surface area contributed by atoms with Gasteiger partial charge in [-0.25, -0.2) is 0 Å². The Morgan fingerprint density at radius 2 is 0.939 bits per heavy atom. The van der Waals surface area contributed by atoms with Gasteiger partial charge >= 0.3 is 0 Å². The van der Waals surface area contributed by atoms with Gasteiger partial charge in [-0.05, 0) is 30.0 Å². The lowest BCUT2D eigenvalue weighted by Crippen LogP contribution is -2.35. The Labute approximate surface area is 195 Å². The highest BCUT2D eigenvalue weighted by atomic mass is 16.2. The number of benzene rings is 4. The fourth-order valence-electron chi connectivity index (χ4n) is 3.92. The van der Waals surface area contributed by atoms with E-state index in [9.17, 15) is 9.59 Å². The second-order valence-electron chi connectivity index (χ2n) is 8.00. The van der Waals surface area contributed by atoms with Crippen LogP contribution in [0.15, 0.2) is 115 Å². The van der Waals surface area contributed by atoms with Crippen molar-refractivity contribution in [2.24, 2.45) is 0 Å². The molecule has 0 heterocycles. The molecule has 0 bridgehead atoms. The molecule has 3 heteroatoms. The number of rotatable bonds is 9. The van der Waals surface area contributed by atoms with Gasteiger partial charge in [0.25, 0.3) is 5.91 Å². The number of ketones is 1. The average molecular weight is 434 g/mol. The van der Waals surface area contributed by atoms with Crippen molar-refractivity contribution in [2.45, 2.75) is 12.8 Å². The molecule has 1 amide bonds. The molecule has 4 rings (SSSR count). The second-order valence-corrected chi connectivity index (χ2v) is 8.00. The molecule has 164 valence electrons. The van der Waals surface area contributed by atoms with E-state index in [2.05, 4.69) is 24.3 Å². The molecule has 4 aromatic carbocycles. The van der Waals surface area contributed by atoms with Gasteiger partial charge in [0.05, 0.1) is 5.56 Å². The molecule has 0 aliphatic heterocycles. The molecular formula is C30H27NO2. The van der Waals surface area contributed by atoms with Crippen molar-refractivity contribution in [3.63, 3.8) is 0 Å². The lowest BCUT2D eigenvalue weighted by Gasteiger charge is -2.24. The quantitative estimate of drug-likeness (QED) is 0.311. The molecule has 0 unspecified atom stereocenters. The molecule has 0 aromatic heterocycles. The third-order valence-electron chi connectivity index (χ3n) is 5.75. The lowest BCUT2D eigenvalue weighted by atomic mass is 9.97. The topological polar surface area (TPSA) is 37.4 Å². The van der Waals surface area contributed by atoms with E-state index >= 15 is 0 Å². The summed E-state index contributed by atoms with van der Waals surface area (Å²) in [5.74, 6) is -0.243. The zero-order valence-electron chi connectivity index (χ0n) is 18.6. The van der Waals surface area contributed by atoms with E-state index in [1.807, 2.05) is 71.6 Å². The number of carbonyl (C=O) groups is 2. The summed E-state index contributed by atoms with van der Waals surface area (Å²) in [5, 5.41) is 0. The molecule has 0 fully saturated rings. The molecule has 0 N–H and O–H groups in total. The SMILES string of the molecule is O=C(c1ccccc1)c1ccccc1C(=O)N(CCc1ccccc1)CCc1ccccc1. The summed E-state index contributed by atoms with van der Waals surface area (Å²) in [5.41, 5.74) is 3.84. The van der Waals surface area contributed by atoms with Gasteiger partial charge in [0.2, 0.25) is 0 Å². The number of nitrogens with zero attached hydrogens (tertiary/aromatic N) is 1. The summed E-state index contributed by atoms with van der Waals surface area (Å²) in [6.07, 6.45) is 1.52. The highest BCUT2D eigenvalue weighted by molar-refractivity contribution is 6.15. The molecule has 3 nitrogen and oxygen atoms in total. The van der Waals surface area contributed by atoms with Crippen LogP contribution in [0.25, 0.3) is 0 Å². The van der Waals surface area contributed by atoms with Gasteiger partial charge in [0.1, 0.15) is 0 Å². The Bertz CT molecular complexity index is 1140. The molecule has 0 aliphatic rings. The van der Waals surface area contributed by atoms with Crippen molar-refractivity contribution >= 4 is 11.7 Å². The van der Waals surface area contributed by atoms with E-state index in [1.54, 1.807) is 24.3 Å². The summed E-state index contributed by atoms with van der Waals surface area (Å²) in [7, 11) is 0. The fourth-order valence-corrected chi connectivity index (χ4v) is 3.92. The highest BCUT2D eigenvalue weighted by Gasteiger charge is 2.22. The molecule has 0 spiro atoms. The van der Waals surface area contributed by atoms with Gasteiger partial charge in [-0.15, -0.1) is 0 Å². The summed E-state index contributed by atoms with van der Waals surface area (Å²) in [6, 6.07) is 36.6. The molecule has 0 aliphatic carbocycles. The molecule has 0 saturated heterocycles. The van der Waals surface area contributed by atoms with Gasteiger partial charge < -0.3 is 4.90 Å². The molecule has 33 heavy (non-hydrogen) atoms. The Morgan fingerprint density at radius 3 is 1.45 bits per heavy atom. The maximum Gasteiger partial charge on any atom is 0.254 e. The Hall–Kier alpha value is -3.98. The largest absolute Gasteiger partial charge is 0.338 e. The minimum atomic E-state index is -0.134. The zero-order chi connectivity index (χ0) is 22.9. The van der Waals surface area contributed by atoms with E-state index in [1.165, 1.54) is 11.1 Å². The second kappa shape index (κ2) is 11.1. The Kier molecular flexibility index (Phi) is 7.44. The van der Waals surface area contributed by atoms with Gasteiger partial charge in [-0.3, -0.25) is 9.59 Å². The number of carbonyl (C=O) groups excluding carboxylic acids is 2. The first kappa shape index (κ1) is 22.2. The van der Waals surface area contributed by atoms with Gasteiger partial charge in [0, 0.05) is 24.2 Å². The third-order valence-corrected chi connectivity index (χ3v) is 5.75. The van der Waals surface area contributed by atoms with Crippen LogP contribution in [-0.4, -0.2) is 29.7 Å². The van der Waals surface area contributed by atoms with Crippen molar-refractivity contribution in [2.75, 3.05) is 13.1 Å². The minimum absolute atomic E-state index is 0.109. The summed E-state index contributed by atoms with van der Waals surface area (Å²) < 4.78 is 0. The predicted molar refractivity (Wildman–Crippen MR) is 133 cm³/mol. The third kappa shape index (κ3) is 5.83. The Balaban J connectivity index is 1.59. The number of amides is 1. The van der Waals surface area contributed by atoms with E-state index in [0.29, 0.717) is 29.8 Å². The first-order valence-corrected chi connectivity index (χ1v) is 11.3. The van der Waals surface area contributed by atoms with Crippen LogP contribution in [0, 0.1) is 0 Å². The van der Waals surface area contributed by atoms with E-state index in [0.717, 1.165) is 12.8 Å². The minimum Gasteiger partial charge on any atom is -0.338 e. The van der Waals surface area contributed by atoms with Crippen LogP contribution >= 0.6 is 0 Å². The van der Waals surface area contributed by atoms with Crippen LogP contribution < -0.4 is 0 Å². The lowest BCUT2D eigenvalue weighted by molar-refractivity contribution is 0.0755. The van der Waals surface area contributed by atoms with Gasteiger partial charge in [0.15, 0.2) is 5.78 Å². The summed E-state index contributed by atoms with van der Waals surface area (Å²) in [6.45, 7) is 1.17. The average Bonchev–Trinajstić information content (AvgIpc) is 2.89. The number of hydrogen-bond donors (Lipinski definition) is 0. The fraction of sp³-hybridized carbons (Fsp3) is 0.133. The van der Waals surface area contributed by atoms with Crippen molar-refractivity contribution in [3.8, 4) is 0 Å². The summed E-state index contributed by atoms with van der Waals surface area (Å²) in [4.78, 5) is 28.8. The number of hydrogen-bond acceptors (Lipinski definition) is 2. The van der Waals surface area contributed by atoms with Crippen LogP contribution in [0.2, 0.25) is 0 Å². The van der Waals surface area contributed by atoms with Crippen molar-refractivity contribution in [1.29, 1.82) is 0 Å². The van der Waals surface area contributed by atoms with Crippen LogP contribution in [0.1, 0.15) is 37.4 Å².